The summed E-state index contributed by atoms with van der Waals surface area (Å²) in [4.78, 5) is 6.29. The number of aromatic nitrogens is 1. The third kappa shape index (κ3) is 4.65. The van der Waals surface area contributed by atoms with E-state index in [0.717, 1.165) is 0 Å². The molecule has 0 atom stereocenters. The van der Waals surface area contributed by atoms with Crippen LogP contribution in [-0.4, -0.2) is 30.3 Å². The second kappa shape index (κ2) is 9.30. The molecule has 5 nitrogen and oxygen atoms in total. The van der Waals surface area contributed by atoms with Crippen molar-refractivity contribution < 1.29 is 5.11 Å². The van der Waals surface area contributed by atoms with Gasteiger partial charge in [-0.15, -0.1) is 0 Å². The first-order valence-electron chi connectivity index (χ1n) is 7.73. The first-order valence-corrected chi connectivity index (χ1v) is 8.18. The fraction of sp³-hybridized carbons (Fsp3) is 0.150. The van der Waals surface area contributed by atoms with Crippen LogP contribution in [0.5, 0.6) is 0 Å². The average molecular weight is 360 g/mol. The molecular weight excluding hydrogens is 344 g/mol. The monoisotopic (exact) mass is 360 g/mol. The Bertz CT molecular complexity index is 957. The molecule has 0 saturated heterocycles. The molecule has 1 heterocycles. The van der Waals surface area contributed by atoms with Gasteiger partial charge in [0.2, 0.25) is 0 Å². The molecular formula is C20H16N4OS. The van der Waals surface area contributed by atoms with E-state index in [1.54, 1.807) is 36.4 Å². The summed E-state index contributed by atoms with van der Waals surface area (Å²) in [5, 5.41) is 30.0. The van der Waals surface area contributed by atoms with E-state index in [0.29, 0.717) is 40.3 Å². The lowest BCUT2D eigenvalue weighted by Gasteiger charge is -2.17. The van der Waals surface area contributed by atoms with Crippen LogP contribution in [0.2, 0.25) is 0 Å². The van der Waals surface area contributed by atoms with Gasteiger partial charge in [-0.3, -0.25) is 0 Å². The summed E-state index contributed by atoms with van der Waals surface area (Å²) in [5.41, 5.74) is 2.86. The molecule has 0 fully saturated rings. The molecule has 1 N–H and O–H groups in total. The number of pyridine rings is 1. The fourth-order valence-corrected chi connectivity index (χ4v) is 2.37. The molecule has 1 aromatic carbocycles. The van der Waals surface area contributed by atoms with E-state index >= 15 is 0 Å². The van der Waals surface area contributed by atoms with Gasteiger partial charge in [0.25, 0.3) is 0 Å². The highest BCUT2D eigenvalue weighted by Gasteiger charge is 2.08. The average Bonchev–Trinajstić information content (AvgIpc) is 2.67. The SMILES string of the molecule is CN(CCO)c1ccc(/C=C(\C#N)c2ccc(C#N)cc2)c(C#CS)n1. The van der Waals surface area contributed by atoms with Gasteiger partial charge < -0.3 is 10.0 Å². The number of benzene rings is 1. The summed E-state index contributed by atoms with van der Waals surface area (Å²) in [6.07, 6.45) is 1.71. The number of aliphatic hydroxyl groups excluding tert-OH is 1. The summed E-state index contributed by atoms with van der Waals surface area (Å²) in [6.45, 7) is 0.468. The zero-order valence-corrected chi connectivity index (χ0v) is 15.0. The predicted octanol–water partition coefficient (Wildman–Crippen LogP) is 2.68. The van der Waals surface area contributed by atoms with E-state index < -0.39 is 0 Å². The van der Waals surface area contributed by atoms with Crippen LogP contribution in [-0.2, 0) is 0 Å². The number of hydrogen-bond donors (Lipinski definition) is 2. The molecule has 2 aromatic rings. The number of nitrogens with zero attached hydrogens (tertiary/aromatic N) is 4. The van der Waals surface area contributed by atoms with Crippen molar-refractivity contribution in [2.75, 3.05) is 25.1 Å². The molecule has 0 spiro atoms. The number of thiol groups is 1. The Morgan fingerprint density at radius 1 is 1.23 bits per heavy atom. The van der Waals surface area contributed by atoms with Gasteiger partial charge in [0.15, 0.2) is 0 Å². The summed E-state index contributed by atoms with van der Waals surface area (Å²) in [5.74, 6) is 3.50. The number of anilines is 1. The molecule has 0 amide bonds. The van der Waals surface area contributed by atoms with E-state index in [4.69, 9.17) is 10.4 Å². The zero-order chi connectivity index (χ0) is 18.9. The molecule has 0 aliphatic heterocycles. The molecule has 0 saturated carbocycles. The smallest absolute Gasteiger partial charge is 0.129 e. The maximum absolute atomic E-state index is 9.51. The van der Waals surface area contributed by atoms with Crippen molar-refractivity contribution in [2.24, 2.45) is 0 Å². The van der Waals surface area contributed by atoms with Crippen molar-refractivity contribution >= 4 is 30.1 Å². The number of likely N-dealkylation sites (N-methyl/N-ethyl adjacent to an activating group) is 1. The highest BCUT2D eigenvalue weighted by atomic mass is 32.1. The molecule has 0 aliphatic rings. The number of rotatable bonds is 5. The zero-order valence-electron chi connectivity index (χ0n) is 14.1. The Hall–Kier alpha value is -3.24. The quantitative estimate of drug-likeness (QED) is 0.487. The van der Waals surface area contributed by atoms with Crippen molar-refractivity contribution in [3.05, 3.63) is 58.8 Å². The van der Waals surface area contributed by atoms with Crippen LogP contribution in [0, 0.1) is 33.8 Å². The Balaban J connectivity index is 2.47. The predicted molar refractivity (Wildman–Crippen MR) is 105 cm³/mol. The van der Waals surface area contributed by atoms with Crippen molar-refractivity contribution in [1.29, 1.82) is 10.5 Å². The largest absolute Gasteiger partial charge is 0.395 e. The highest BCUT2D eigenvalue weighted by Crippen LogP contribution is 2.21. The van der Waals surface area contributed by atoms with Gasteiger partial charge in [-0.25, -0.2) is 4.98 Å². The molecule has 0 unspecified atom stereocenters. The Morgan fingerprint density at radius 3 is 2.54 bits per heavy atom. The van der Waals surface area contributed by atoms with Crippen LogP contribution < -0.4 is 4.90 Å². The summed E-state index contributed by atoms with van der Waals surface area (Å²) < 4.78 is 0. The van der Waals surface area contributed by atoms with Crippen molar-refractivity contribution in [3.63, 3.8) is 0 Å². The molecule has 0 radical (unpaired) electrons. The van der Waals surface area contributed by atoms with E-state index in [1.807, 2.05) is 18.0 Å². The summed E-state index contributed by atoms with van der Waals surface area (Å²) in [6, 6.07) is 14.6. The summed E-state index contributed by atoms with van der Waals surface area (Å²) in [7, 11) is 1.82. The Kier molecular flexibility index (Phi) is 6.83. The van der Waals surface area contributed by atoms with E-state index in [2.05, 4.69) is 40.9 Å². The fourth-order valence-electron chi connectivity index (χ4n) is 2.27. The van der Waals surface area contributed by atoms with Crippen LogP contribution in [0.1, 0.15) is 22.4 Å². The van der Waals surface area contributed by atoms with Gasteiger partial charge in [0, 0.05) is 19.2 Å². The van der Waals surface area contributed by atoms with Crippen LogP contribution >= 0.6 is 12.6 Å². The first-order chi connectivity index (χ1) is 12.6. The lowest BCUT2D eigenvalue weighted by molar-refractivity contribution is 0.304. The number of hydrogen-bond acceptors (Lipinski definition) is 6. The molecule has 26 heavy (non-hydrogen) atoms. The van der Waals surface area contributed by atoms with Crippen molar-refractivity contribution in [2.45, 2.75) is 0 Å². The topological polar surface area (TPSA) is 83.9 Å². The van der Waals surface area contributed by atoms with Gasteiger partial charge in [-0.1, -0.05) is 24.8 Å². The molecule has 2 rings (SSSR count). The maximum atomic E-state index is 9.51. The normalized spacial score (nSPS) is 10.3. The number of allylic oxidation sites excluding steroid dienone is 1. The van der Waals surface area contributed by atoms with Gasteiger partial charge in [0.05, 0.1) is 29.9 Å². The highest BCUT2D eigenvalue weighted by molar-refractivity contribution is 7.85. The van der Waals surface area contributed by atoms with E-state index in [-0.39, 0.29) is 6.61 Å². The van der Waals surface area contributed by atoms with E-state index in [9.17, 15) is 5.26 Å². The lowest BCUT2D eigenvalue weighted by atomic mass is 10.0. The standard InChI is InChI=1S/C20H16N4OS/c1-24(9-10-25)20-7-6-17(19(23-20)8-11-26)12-18(14-22)16-4-2-15(13-21)3-5-16/h2-7,12,25-26H,9-10H2,1H3/b18-12+. The summed E-state index contributed by atoms with van der Waals surface area (Å²) >= 11 is 3.94. The third-order valence-corrected chi connectivity index (χ3v) is 3.77. The van der Waals surface area contributed by atoms with Crippen molar-refractivity contribution in [1.82, 2.24) is 4.98 Å². The Labute approximate surface area is 158 Å². The minimum atomic E-state index is 0.0185. The number of aliphatic hydroxyl groups is 1. The molecule has 6 heteroatoms. The molecule has 0 aliphatic carbocycles. The van der Waals surface area contributed by atoms with Gasteiger partial charge >= 0.3 is 0 Å². The lowest BCUT2D eigenvalue weighted by Crippen LogP contribution is -2.22. The van der Waals surface area contributed by atoms with Crippen LogP contribution in [0.15, 0.2) is 36.4 Å². The Morgan fingerprint density at radius 2 is 1.96 bits per heavy atom. The minimum Gasteiger partial charge on any atom is -0.395 e. The van der Waals surface area contributed by atoms with Gasteiger partial charge in [-0.05, 0) is 47.1 Å². The van der Waals surface area contributed by atoms with E-state index in [1.165, 1.54) is 0 Å². The van der Waals surface area contributed by atoms with Crippen LogP contribution in [0.3, 0.4) is 0 Å². The van der Waals surface area contributed by atoms with Crippen LogP contribution in [0.4, 0.5) is 5.82 Å². The molecule has 128 valence electrons. The van der Waals surface area contributed by atoms with Crippen LogP contribution in [0.25, 0.3) is 11.6 Å². The van der Waals surface area contributed by atoms with Gasteiger partial charge in [0.1, 0.15) is 11.5 Å². The molecule has 1 aromatic heterocycles. The first kappa shape index (κ1) is 19.1. The second-order valence-electron chi connectivity index (χ2n) is 5.35. The third-order valence-electron chi connectivity index (χ3n) is 3.66. The second-order valence-corrected chi connectivity index (χ2v) is 5.57. The van der Waals surface area contributed by atoms with Gasteiger partial charge in [-0.2, -0.15) is 10.5 Å². The maximum Gasteiger partial charge on any atom is 0.129 e. The number of nitriles is 2. The molecule has 0 bridgehead atoms. The minimum absolute atomic E-state index is 0.0185. The van der Waals surface area contributed by atoms with Crippen molar-refractivity contribution in [3.8, 4) is 23.3 Å².